The first-order chi connectivity index (χ1) is 16.4. The number of urea groups is 1. The van der Waals surface area contributed by atoms with E-state index in [9.17, 15) is 9.90 Å². The molecular weight excluding hydrogens is 432 g/mol. The Morgan fingerprint density at radius 3 is 2.23 bits per heavy atom. The summed E-state index contributed by atoms with van der Waals surface area (Å²) in [7, 11) is 0. The summed E-state index contributed by atoms with van der Waals surface area (Å²) in [5, 5.41) is 17.5. The van der Waals surface area contributed by atoms with E-state index < -0.39 is 0 Å². The van der Waals surface area contributed by atoms with E-state index in [0.717, 1.165) is 47.6 Å². The number of anilines is 1. The molecule has 0 heterocycles. The third kappa shape index (κ3) is 5.85. The van der Waals surface area contributed by atoms with Gasteiger partial charge in [0.1, 0.15) is 5.75 Å². The zero-order valence-corrected chi connectivity index (χ0v) is 22.5. The van der Waals surface area contributed by atoms with Crippen molar-refractivity contribution in [3.63, 3.8) is 0 Å². The quantitative estimate of drug-likeness (QED) is 0.419. The zero-order chi connectivity index (χ0) is 25.4. The highest BCUT2D eigenvalue weighted by molar-refractivity contribution is 5.90. The van der Waals surface area contributed by atoms with Crippen LogP contribution >= 0.6 is 0 Å². The normalized spacial score (nSPS) is 22.2. The summed E-state index contributed by atoms with van der Waals surface area (Å²) < 4.78 is 0. The summed E-state index contributed by atoms with van der Waals surface area (Å²) in [6.45, 7) is 12.9. The predicted molar refractivity (Wildman–Crippen MR) is 145 cm³/mol. The Morgan fingerprint density at radius 1 is 0.914 bits per heavy atom. The topological polar surface area (TPSA) is 61.4 Å². The van der Waals surface area contributed by atoms with E-state index in [-0.39, 0.29) is 16.9 Å². The minimum atomic E-state index is -0.143. The fraction of sp³-hybridized carbons (Fsp3) is 0.581. The third-order valence-electron chi connectivity index (χ3n) is 8.13. The number of para-hydroxylation sites is 1. The van der Waals surface area contributed by atoms with Crippen LogP contribution in [0.4, 0.5) is 10.5 Å². The summed E-state index contributed by atoms with van der Waals surface area (Å²) in [5.41, 5.74) is 4.94. The molecule has 0 radical (unpaired) electrons. The molecule has 2 fully saturated rings. The number of phenols is 1. The number of fused-ring (bicyclic) bond motifs is 1. The second-order valence-corrected chi connectivity index (χ2v) is 12.8. The highest BCUT2D eigenvalue weighted by atomic mass is 16.3. The molecule has 35 heavy (non-hydrogen) atoms. The molecule has 3 N–H and O–H groups in total. The van der Waals surface area contributed by atoms with Gasteiger partial charge in [0, 0.05) is 11.7 Å². The summed E-state index contributed by atoms with van der Waals surface area (Å²) in [5.74, 6) is 1.90. The van der Waals surface area contributed by atoms with Crippen molar-refractivity contribution in [1.29, 1.82) is 0 Å². The smallest absolute Gasteiger partial charge is 0.319 e. The molecule has 2 aromatic carbocycles. The van der Waals surface area contributed by atoms with E-state index in [1.54, 1.807) is 0 Å². The van der Waals surface area contributed by atoms with E-state index in [1.807, 2.05) is 18.2 Å². The van der Waals surface area contributed by atoms with Gasteiger partial charge in [-0.15, -0.1) is 0 Å². The molecule has 0 bridgehead atoms. The highest BCUT2D eigenvalue weighted by Crippen LogP contribution is 2.44. The van der Waals surface area contributed by atoms with E-state index in [0.29, 0.717) is 17.7 Å². The minimum Gasteiger partial charge on any atom is -0.507 e. The van der Waals surface area contributed by atoms with Gasteiger partial charge in [-0.2, -0.15) is 0 Å². The molecule has 4 heteroatoms. The Morgan fingerprint density at radius 2 is 1.57 bits per heavy atom. The monoisotopic (exact) mass is 476 g/mol. The van der Waals surface area contributed by atoms with E-state index in [4.69, 9.17) is 0 Å². The van der Waals surface area contributed by atoms with Crippen molar-refractivity contribution >= 4 is 11.7 Å². The van der Waals surface area contributed by atoms with Gasteiger partial charge in [0.05, 0.1) is 0 Å². The van der Waals surface area contributed by atoms with Crippen LogP contribution in [0.25, 0.3) is 0 Å². The number of hydrogen-bond donors (Lipinski definition) is 3. The van der Waals surface area contributed by atoms with Gasteiger partial charge in [-0.3, -0.25) is 0 Å². The van der Waals surface area contributed by atoms with Crippen molar-refractivity contribution in [2.45, 2.75) is 103 Å². The molecule has 2 aromatic rings. The number of hydrogen-bond acceptors (Lipinski definition) is 2. The molecule has 0 aromatic heterocycles. The first kappa shape index (κ1) is 25.6. The maximum atomic E-state index is 12.9. The molecule has 4 rings (SSSR count). The first-order valence-electron chi connectivity index (χ1n) is 13.5. The van der Waals surface area contributed by atoms with Gasteiger partial charge in [0.15, 0.2) is 0 Å². The molecule has 4 nitrogen and oxygen atoms in total. The van der Waals surface area contributed by atoms with Crippen LogP contribution in [0, 0.1) is 11.8 Å². The van der Waals surface area contributed by atoms with Crippen molar-refractivity contribution < 1.29 is 9.90 Å². The summed E-state index contributed by atoms with van der Waals surface area (Å²) in [6.07, 6.45) is 7.93. The number of rotatable bonds is 5. The van der Waals surface area contributed by atoms with Crippen LogP contribution in [0.1, 0.15) is 95.9 Å². The number of aromatic hydroxyl groups is 1. The van der Waals surface area contributed by atoms with E-state index >= 15 is 0 Å². The zero-order valence-electron chi connectivity index (χ0n) is 22.5. The average molecular weight is 477 g/mol. The lowest BCUT2D eigenvalue weighted by Crippen LogP contribution is -2.40. The van der Waals surface area contributed by atoms with Gasteiger partial charge in [0.25, 0.3) is 0 Å². The van der Waals surface area contributed by atoms with Gasteiger partial charge >= 0.3 is 6.03 Å². The number of phenolic OH excluding ortho intramolecular Hbond substituents is 1. The van der Waals surface area contributed by atoms with Crippen molar-refractivity contribution in [2.24, 2.45) is 11.8 Å². The van der Waals surface area contributed by atoms with Gasteiger partial charge < -0.3 is 15.7 Å². The SMILES string of the molecule is CC(C)(C)c1cc(CCc2ccccc2NC(=O)NC2CCC3CCCC32)cc(C(C)(C)C)c1O. The number of carbonyl (C=O) groups is 1. The number of carbonyl (C=O) groups excluding carboxylic acids is 1. The Hall–Kier alpha value is -2.49. The van der Waals surface area contributed by atoms with Crippen molar-refractivity contribution in [3.8, 4) is 5.75 Å². The molecule has 0 spiro atoms. The summed E-state index contributed by atoms with van der Waals surface area (Å²) >= 11 is 0. The van der Waals surface area contributed by atoms with Crippen LogP contribution in [-0.2, 0) is 23.7 Å². The maximum Gasteiger partial charge on any atom is 0.319 e. The number of aryl methyl sites for hydroxylation is 2. The number of benzene rings is 2. The fourth-order valence-corrected chi connectivity index (χ4v) is 6.19. The van der Waals surface area contributed by atoms with Crippen molar-refractivity contribution in [3.05, 3.63) is 58.7 Å². The van der Waals surface area contributed by atoms with Crippen LogP contribution < -0.4 is 10.6 Å². The number of nitrogens with one attached hydrogen (secondary N) is 2. The Labute approximate surface area is 211 Å². The molecule has 2 amide bonds. The number of amides is 2. The van der Waals surface area contributed by atoms with Gasteiger partial charge in [0.2, 0.25) is 0 Å². The van der Waals surface area contributed by atoms with Gasteiger partial charge in [-0.1, -0.05) is 84.7 Å². The lowest BCUT2D eigenvalue weighted by Gasteiger charge is -2.28. The molecule has 2 aliphatic rings. The van der Waals surface area contributed by atoms with Gasteiger partial charge in [-0.25, -0.2) is 4.79 Å². The first-order valence-corrected chi connectivity index (χ1v) is 13.5. The standard InChI is InChI=1S/C31H44N2O2/c1-30(2,3)24-18-20(19-25(28(24)34)31(4,5)6)14-15-22-10-7-8-13-26(22)32-29(35)33-27-17-16-21-11-9-12-23(21)27/h7-8,10,13,18-19,21,23,27,34H,9,11-12,14-17H2,1-6H3,(H2,32,33,35). The molecule has 2 saturated carbocycles. The molecular formula is C31H44N2O2. The molecule has 190 valence electrons. The second-order valence-electron chi connectivity index (χ2n) is 12.8. The van der Waals surface area contributed by atoms with Crippen molar-refractivity contribution in [2.75, 3.05) is 5.32 Å². The average Bonchev–Trinajstić information content (AvgIpc) is 3.37. The fourth-order valence-electron chi connectivity index (χ4n) is 6.19. The Bertz CT molecular complexity index is 1030. The lowest BCUT2D eigenvalue weighted by atomic mass is 9.78. The predicted octanol–water partition coefficient (Wildman–Crippen LogP) is 7.47. The van der Waals surface area contributed by atoms with Crippen molar-refractivity contribution in [1.82, 2.24) is 5.32 Å². The maximum absolute atomic E-state index is 12.9. The highest BCUT2D eigenvalue weighted by Gasteiger charge is 2.39. The summed E-state index contributed by atoms with van der Waals surface area (Å²) in [4.78, 5) is 12.9. The molecule has 2 aliphatic carbocycles. The van der Waals surface area contributed by atoms with Gasteiger partial charge in [-0.05, 0) is 83.1 Å². The van der Waals surface area contributed by atoms with Crippen LogP contribution in [0.2, 0.25) is 0 Å². The third-order valence-corrected chi connectivity index (χ3v) is 8.13. The molecule has 3 atom stereocenters. The minimum absolute atomic E-state index is 0.0790. The second kappa shape index (κ2) is 9.87. The summed E-state index contributed by atoms with van der Waals surface area (Å²) in [6, 6.07) is 12.7. The molecule has 0 saturated heterocycles. The van der Waals surface area contributed by atoms with Crippen LogP contribution in [0.15, 0.2) is 36.4 Å². The lowest BCUT2D eigenvalue weighted by molar-refractivity contribution is 0.244. The van der Waals surface area contributed by atoms with Crippen LogP contribution in [0.5, 0.6) is 5.75 Å². The molecule has 0 aliphatic heterocycles. The van der Waals surface area contributed by atoms with E-state index in [2.05, 4.69) is 70.4 Å². The van der Waals surface area contributed by atoms with E-state index in [1.165, 1.54) is 31.2 Å². The van der Waals surface area contributed by atoms with Crippen LogP contribution in [-0.4, -0.2) is 17.2 Å². The van der Waals surface area contributed by atoms with Crippen LogP contribution in [0.3, 0.4) is 0 Å². The molecule has 3 unspecified atom stereocenters. The Balaban J connectivity index is 1.48. The largest absolute Gasteiger partial charge is 0.507 e. The Kier molecular flexibility index (Phi) is 7.22.